The van der Waals surface area contributed by atoms with Crippen molar-refractivity contribution in [2.45, 2.75) is 50.2 Å². The molecule has 1 amide bonds. The van der Waals surface area contributed by atoms with Gasteiger partial charge in [0.05, 0.1) is 18.1 Å². The fraction of sp³-hybridized carbons (Fsp3) is 0.375. The Labute approximate surface area is 233 Å². The molecular weight excluding hydrogens is 517 g/mol. The Bertz CT molecular complexity index is 1290. The van der Waals surface area contributed by atoms with Gasteiger partial charge in [-0.15, -0.1) is 0 Å². The lowest BCUT2D eigenvalue weighted by atomic mass is 9.78. The number of carbonyl (C=O) groups excluding carboxylic acids is 2. The molecule has 0 bridgehead atoms. The Balaban J connectivity index is 1.31. The highest BCUT2D eigenvalue weighted by molar-refractivity contribution is 6.01. The number of piperidine rings is 1. The van der Waals surface area contributed by atoms with Crippen LogP contribution in [0, 0.1) is 0 Å². The van der Waals surface area contributed by atoms with Gasteiger partial charge in [-0.3, -0.25) is 9.59 Å². The van der Waals surface area contributed by atoms with Gasteiger partial charge in [0.1, 0.15) is 0 Å². The van der Waals surface area contributed by atoms with Crippen molar-refractivity contribution in [3.05, 3.63) is 95.6 Å². The zero-order valence-electron chi connectivity index (χ0n) is 22.8. The van der Waals surface area contributed by atoms with E-state index in [-0.39, 0.29) is 17.9 Å². The number of nitrogens with zero attached hydrogens (tertiary/aromatic N) is 1. The molecule has 1 aliphatic rings. The van der Waals surface area contributed by atoms with E-state index in [1.807, 2.05) is 37.3 Å². The van der Waals surface area contributed by atoms with Crippen molar-refractivity contribution < 1.29 is 27.5 Å². The van der Waals surface area contributed by atoms with Gasteiger partial charge in [0.2, 0.25) is 0 Å². The third-order valence-corrected chi connectivity index (χ3v) is 7.82. The van der Waals surface area contributed by atoms with Crippen molar-refractivity contribution in [1.29, 1.82) is 0 Å². The van der Waals surface area contributed by atoms with Gasteiger partial charge in [-0.2, -0.15) is 13.2 Å². The average Bonchev–Trinajstić information content (AvgIpc) is 2.97. The lowest BCUT2D eigenvalue weighted by molar-refractivity contribution is -0.147. The van der Waals surface area contributed by atoms with Crippen LogP contribution in [-0.2, 0) is 21.1 Å². The van der Waals surface area contributed by atoms with E-state index < -0.39 is 17.2 Å². The molecule has 8 heteroatoms. The number of amides is 1. The summed E-state index contributed by atoms with van der Waals surface area (Å²) in [4.78, 5) is 28.2. The molecule has 3 aromatic carbocycles. The van der Waals surface area contributed by atoms with Crippen molar-refractivity contribution in [2.75, 3.05) is 26.7 Å². The summed E-state index contributed by atoms with van der Waals surface area (Å²) in [6.07, 6.45) is -1.32. The molecule has 0 saturated carbocycles. The number of alkyl halides is 3. The first-order valence-corrected chi connectivity index (χ1v) is 13.6. The molecule has 0 radical (unpaired) electrons. The van der Waals surface area contributed by atoms with Gasteiger partial charge in [-0.1, -0.05) is 60.7 Å². The predicted octanol–water partition coefficient (Wildman–Crippen LogP) is 6.48. The largest absolute Gasteiger partial charge is 0.468 e. The number of nitrogens with one attached hydrogen (secondary N) is 1. The van der Waals surface area contributed by atoms with Gasteiger partial charge in [-0.05, 0) is 74.0 Å². The summed E-state index contributed by atoms with van der Waals surface area (Å²) in [5, 5.41) is 3.12. The SMILES string of the molecule is COC(=O)C(C)(CCCN1CCC(NC(=O)c2ccccc2-c2ccc(C(F)(F)F)cc2)CC1)c1ccccc1. The number of carbonyl (C=O) groups is 2. The normalized spacial score (nSPS) is 16.2. The molecule has 1 unspecified atom stereocenters. The fourth-order valence-electron chi connectivity index (χ4n) is 5.39. The van der Waals surface area contributed by atoms with E-state index in [2.05, 4.69) is 10.2 Å². The fourth-order valence-corrected chi connectivity index (χ4v) is 5.39. The molecule has 1 N–H and O–H groups in total. The second kappa shape index (κ2) is 12.7. The van der Waals surface area contributed by atoms with Crippen LogP contribution in [0.3, 0.4) is 0 Å². The summed E-state index contributed by atoms with van der Waals surface area (Å²) < 4.78 is 44.0. The van der Waals surface area contributed by atoms with E-state index in [0.717, 1.165) is 56.6 Å². The highest BCUT2D eigenvalue weighted by Crippen LogP contribution is 2.33. The highest BCUT2D eigenvalue weighted by Gasteiger charge is 2.36. The third-order valence-electron chi connectivity index (χ3n) is 7.82. The Morgan fingerprint density at radius 2 is 1.52 bits per heavy atom. The number of benzene rings is 3. The Morgan fingerprint density at radius 3 is 2.15 bits per heavy atom. The molecule has 5 nitrogen and oxygen atoms in total. The van der Waals surface area contributed by atoms with Gasteiger partial charge in [-0.25, -0.2) is 0 Å². The van der Waals surface area contributed by atoms with Crippen LogP contribution in [0.5, 0.6) is 0 Å². The summed E-state index contributed by atoms with van der Waals surface area (Å²) in [7, 11) is 1.42. The maximum Gasteiger partial charge on any atom is 0.416 e. The summed E-state index contributed by atoms with van der Waals surface area (Å²) >= 11 is 0. The molecule has 0 aromatic heterocycles. The Kier molecular flexibility index (Phi) is 9.30. The van der Waals surface area contributed by atoms with Gasteiger partial charge < -0.3 is 15.0 Å². The van der Waals surface area contributed by atoms with Crippen LogP contribution in [0.25, 0.3) is 11.1 Å². The zero-order valence-corrected chi connectivity index (χ0v) is 22.8. The summed E-state index contributed by atoms with van der Waals surface area (Å²) in [6, 6.07) is 21.5. The predicted molar refractivity (Wildman–Crippen MR) is 149 cm³/mol. The second-order valence-corrected chi connectivity index (χ2v) is 10.5. The third kappa shape index (κ3) is 6.91. The minimum atomic E-state index is -4.41. The van der Waals surface area contributed by atoms with E-state index in [1.165, 1.54) is 19.2 Å². The maximum atomic E-state index is 13.2. The molecule has 1 saturated heterocycles. The molecule has 1 aliphatic heterocycles. The number of methoxy groups -OCH3 is 1. The van der Waals surface area contributed by atoms with E-state index >= 15 is 0 Å². The molecule has 40 heavy (non-hydrogen) atoms. The molecular formula is C32H35F3N2O3. The van der Waals surface area contributed by atoms with Crippen molar-refractivity contribution in [3.63, 3.8) is 0 Å². The van der Waals surface area contributed by atoms with E-state index in [1.54, 1.807) is 24.3 Å². The quantitative estimate of drug-likeness (QED) is 0.309. The minimum absolute atomic E-state index is 0.00839. The van der Waals surface area contributed by atoms with Crippen LogP contribution >= 0.6 is 0 Å². The topological polar surface area (TPSA) is 58.6 Å². The molecule has 1 heterocycles. The van der Waals surface area contributed by atoms with Crippen LogP contribution in [-0.4, -0.2) is 49.6 Å². The first kappa shape index (κ1) is 29.3. The van der Waals surface area contributed by atoms with Gasteiger partial charge in [0.25, 0.3) is 5.91 Å². The summed E-state index contributed by atoms with van der Waals surface area (Å²) in [5.41, 5.74) is 1.11. The zero-order chi connectivity index (χ0) is 28.8. The molecule has 0 aliphatic carbocycles. The number of hydrogen-bond acceptors (Lipinski definition) is 4. The second-order valence-electron chi connectivity index (χ2n) is 10.5. The van der Waals surface area contributed by atoms with Crippen LogP contribution in [0.1, 0.15) is 54.1 Å². The van der Waals surface area contributed by atoms with Gasteiger partial charge >= 0.3 is 12.1 Å². The Hall–Kier alpha value is -3.65. The maximum absolute atomic E-state index is 13.2. The van der Waals surface area contributed by atoms with E-state index in [4.69, 9.17) is 4.74 Å². The molecule has 4 rings (SSSR count). The highest BCUT2D eigenvalue weighted by atomic mass is 19.4. The number of likely N-dealkylation sites (tertiary alicyclic amines) is 1. The van der Waals surface area contributed by atoms with Gasteiger partial charge in [0.15, 0.2) is 0 Å². The van der Waals surface area contributed by atoms with Crippen LogP contribution in [0.15, 0.2) is 78.9 Å². The number of esters is 1. The molecule has 1 atom stereocenters. The van der Waals surface area contributed by atoms with Crippen LogP contribution < -0.4 is 5.32 Å². The van der Waals surface area contributed by atoms with Gasteiger partial charge in [0, 0.05) is 24.7 Å². The van der Waals surface area contributed by atoms with E-state index in [0.29, 0.717) is 23.1 Å². The monoisotopic (exact) mass is 552 g/mol. The number of halogens is 3. The summed E-state index contributed by atoms with van der Waals surface area (Å²) in [6.45, 7) is 4.42. The Morgan fingerprint density at radius 1 is 0.900 bits per heavy atom. The number of rotatable bonds is 9. The molecule has 212 valence electrons. The van der Waals surface area contributed by atoms with Crippen LogP contribution in [0.2, 0.25) is 0 Å². The summed E-state index contributed by atoms with van der Waals surface area (Å²) in [5.74, 6) is -0.470. The standard InChI is InChI=1S/C32H35F3N2O3/c1-31(30(39)40-2,24-9-4-3-5-10-24)19-8-20-37-21-17-26(18-22-37)36-29(38)28-12-7-6-11-27(28)23-13-15-25(16-14-23)32(33,34)35/h3-7,9-16,26H,8,17-22H2,1-2H3,(H,36,38). The molecule has 3 aromatic rings. The number of ether oxygens (including phenoxy) is 1. The molecule has 0 spiro atoms. The average molecular weight is 553 g/mol. The smallest absolute Gasteiger partial charge is 0.416 e. The lowest BCUT2D eigenvalue weighted by Crippen LogP contribution is -2.45. The molecule has 1 fully saturated rings. The number of hydrogen-bond donors (Lipinski definition) is 1. The lowest BCUT2D eigenvalue weighted by Gasteiger charge is -2.33. The van der Waals surface area contributed by atoms with Crippen molar-refractivity contribution >= 4 is 11.9 Å². The minimum Gasteiger partial charge on any atom is -0.468 e. The van der Waals surface area contributed by atoms with Crippen molar-refractivity contribution in [2.24, 2.45) is 0 Å². The first-order valence-electron chi connectivity index (χ1n) is 13.6. The van der Waals surface area contributed by atoms with Crippen molar-refractivity contribution in [1.82, 2.24) is 10.2 Å². The van der Waals surface area contributed by atoms with Crippen LogP contribution in [0.4, 0.5) is 13.2 Å². The van der Waals surface area contributed by atoms with E-state index in [9.17, 15) is 22.8 Å². The van der Waals surface area contributed by atoms with Crippen molar-refractivity contribution in [3.8, 4) is 11.1 Å². The first-order chi connectivity index (χ1) is 19.1.